The lowest BCUT2D eigenvalue weighted by Gasteiger charge is -2.21. The van der Waals surface area contributed by atoms with Crippen molar-refractivity contribution in [3.05, 3.63) is 30.3 Å². The number of benzene rings is 1. The predicted molar refractivity (Wildman–Crippen MR) is 78.7 cm³/mol. The van der Waals surface area contributed by atoms with Gasteiger partial charge in [0, 0.05) is 30.2 Å². The molecule has 0 radical (unpaired) electrons. The van der Waals surface area contributed by atoms with Crippen LogP contribution in [0.4, 0.5) is 0 Å². The van der Waals surface area contributed by atoms with E-state index in [2.05, 4.69) is 9.59 Å². The summed E-state index contributed by atoms with van der Waals surface area (Å²) in [7, 11) is 1.76. The summed E-state index contributed by atoms with van der Waals surface area (Å²) in [5.41, 5.74) is 1.61. The number of hydrogen-bond acceptors (Lipinski definition) is 5. The normalized spacial score (nSPS) is 10.6. The van der Waals surface area contributed by atoms with E-state index in [4.69, 9.17) is 4.74 Å². The Morgan fingerprint density at radius 1 is 1.35 bits per heavy atom. The maximum atomic E-state index is 11.9. The highest BCUT2D eigenvalue weighted by atomic mass is 32.1. The van der Waals surface area contributed by atoms with E-state index in [0.717, 1.165) is 17.1 Å². The molecule has 2 aromatic rings. The smallest absolute Gasteiger partial charge is 0.260 e. The van der Waals surface area contributed by atoms with E-state index in [1.165, 1.54) is 0 Å². The third-order valence-corrected chi connectivity index (χ3v) is 3.64. The average Bonchev–Trinajstić information content (AvgIpc) is 2.93. The molecule has 1 aromatic heterocycles. The molecule has 1 aromatic carbocycles. The molecule has 0 aliphatic heterocycles. The Kier molecular flexibility index (Phi) is 4.68. The van der Waals surface area contributed by atoms with Gasteiger partial charge in [-0.05, 0) is 13.8 Å². The third kappa shape index (κ3) is 3.33. The topological polar surface area (TPSA) is 55.3 Å². The van der Waals surface area contributed by atoms with Crippen LogP contribution in [-0.2, 0) is 4.79 Å². The summed E-state index contributed by atoms with van der Waals surface area (Å²) < 4.78 is 9.47. The van der Waals surface area contributed by atoms with Gasteiger partial charge in [-0.2, -0.15) is 0 Å². The van der Waals surface area contributed by atoms with Crippen molar-refractivity contribution in [2.75, 3.05) is 13.7 Å². The molecule has 1 amide bonds. The number of carbonyl (C=O) groups is 1. The lowest BCUT2D eigenvalue weighted by atomic mass is 10.2. The van der Waals surface area contributed by atoms with Gasteiger partial charge in [-0.15, -0.1) is 5.10 Å². The van der Waals surface area contributed by atoms with Crippen LogP contribution in [0.3, 0.4) is 0 Å². The van der Waals surface area contributed by atoms with E-state index in [1.54, 1.807) is 11.9 Å². The molecule has 1 heterocycles. The van der Waals surface area contributed by atoms with Gasteiger partial charge in [-0.25, -0.2) is 0 Å². The zero-order valence-corrected chi connectivity index (χ0v) is 12.6. The quantitative estimate of drug-likeness (QED) is 0.849. The second-order valence-electron chi connectivity index (χ2n) is 4.66. The maximum Gasteiger partial charge on any atom is 0.260 e. The van der Waals surface area contributed by atoms with Crippen LogP contribution in [0.25, 0.3) is 11.3 Å². The van der Waals surface area contributed by atoms with Crippen LogP contribution >= 0.6 is 11.5 Å². The summed E-state index contributed by atoms with van der Waals surface area (Å²) in [6.07, 6.45) is 0. The highest BCUT2D eigenvalue weighted by Gasteiger charge is 2.16. The van der Waals surface area contributed by atoms with Crippen LogP contribution in [-0.4, -0.2) is 40.1 Å². The van der Waals surface area contributed by atoms with Crippen molar-refractivity contribution >= 4 is 17.4 Å². The first-order valence-electron chi connectivity index (χ1n) is 6.36. The van der Waals surface area contributed by atoms with E-state index < -0.39 is 0 Å². The number of amides is 1. The summed E-state index contributed by atoms with van der Waals surface area (Å²) in [6, 6.07) is 9.81. The van der Waals surface area contributed by atoms with E-state index in [-0.39, 0.29) is 18.6 Å². The van der Waals surface area contributed by atoms with E-state index in [0.29, 0.717) is 10.8 Å². The largest absolute Gasteiger partial charge is 0.471 e. The van der Waals surface area contributed by atoms with Crippen LogP contribution in [0, 0.1) is 0 Å². The Morgan fingerprint density at radius 3 is 2.70 bits per heavy atom. The number of hydrogen-bond donors (Lipinski definition) is 0. The van der Waals surface area contributed by atoms with Gasteiger partial charge in [0.05, 0.1) is 0 Å². The fourth-order valence-electron chi connectivity index (χ4n) is 1.57. The number of rotatable bonds is 5. The Hall–Kier alpha value is -1.95. The van der Waals surface area contributed by atoms with Gasteiger partial charge in [0.1, 0.15) is 5.69 Å². The van der Waals surface area contributed by atoms with E-state index in [9.17, 15) is 4.79 Å². The van der Waals surface area contributed by atoms with Gasteiger partial charge in [0.25, 0.3) is 5.91 Å². The Morgan fingerprint density at radius 2 is 2.05 bits per heavy atom. The fourth-order valence-corrected chi connectivity index (χ4v) is 2.12. The standard InChI is InChI=1S/C14H17N3O2S/c1-10(2)17(3)12(18)9-19-14-13(15-16-20-14)11-7-5-4-6-8-11/h4-8,10H,9H2,1-3H3. The molecule has 0 N–H and O–H groups in total. The molecule has 0 aliphatic rings. The minimum Gasteiger partial charge on any atom is -0.471 e. The first kappa shape index (κ1) is 14.5. The van der Waals surface area contributed by atoms with Crippen LogP contribution in [0.15, 0.2) is 30.3 Å². The second-order valence-corrected chi connectivity index (χ2v) is 5.38. The molecule has 6 heteroatoms. The van der Waals surface area contributed by atoms with Gasteiger partial charge < -0.3 is 9.64 Å². The molecule has 20 heavy (non-hydrogen) atoms. The number of nitrogens with zero attached hydrogens (tertiary/aromatic N) is 3. The van der Waals surface area contributed by atoms with E-state index in [1.807, 2.05) is 44.2 Å². The molecule has 5 nitrogen and oxygen atoms in total. The monoisotopic (exact) mass is 291 g/mol. The van der Waals surface area contributed by atoms with Crippen molar-refractivity contribution in [3.63, 3.8) is 0 Å². The third-order valence-electron chi connectivity index (χ3n) is 3.00. The first-order valence-corrected chi connectivity index (χ1v) is 7.13. The Balaban J connectivity index is 2.05. The van der Waals surface area contributed by atoms with Gasteiger partial charge in [0.2, 0.25) is 5.06 Å². The molecular formula is C14H17N3O2S. The van der Waals surface area contributed by atoms with Crippen LogP contribution in [0.2, 0.25) is 0 Å². The van der Waals surface area contributed by atoms with Crippen molar-refractivity contribution < 1.29 is 9.53 Å². The van der Waals surface area contributed by atoms with Crippen molar-refractivity contribution in [3.8, 4) is 16.3 Å². The first-order chi connectivity index (χ1) is 9.59. The average molecular weight is 291 g/mol. The molecular weight excluding hydrogens is 274 g/mol. The lowest BCUT2D eigenvalue weighted by Crippen LogP contribution is -2.36. The second kappa shape index (κ2) is 6.47. The zero-order chi connectivity index (χ0) is 14.5. The summed E-state index contributed by atoms with van der Waals surface area (Å²) in [5, 5.41) is 4.63. The summed E-state index contributed by atoms with van der Waals surface area (Å²) in [6.45, 7) is 3.92. The minimum atomic E-state index is -0.0626. The molecule has 0 unspecified atom stereocenters. The van der Waals surface area contributed by atoms with Gasteiger partial charge in [-0.1, -0.05) is 34.8 Å². The van der Waals surface area contributed by atoms with Crippen LogP contribution in [0.5, 0.6) is 5.06 Å². The van der Waals surface area contributed by atoms with Crippen LogP contribution in [0.1, 0.15) is 13.8 Å². The minimum absolute atomic E-state index is 0.00160. The Bertz CT molecular complexity index is 569. The number of aromatic nitrogens is 2. The van der Waals surface area contributed by atoms with Crippen molar-refractivity contribution in [2.45, 2.75) is 19.9 Å². The highest BCUT2D eigenvalue weighted by molar-refractivity contribution is 7.08. The highest BCUT2D eigenvalue weighted by Crippen LogP contribution is 2.30. The molecule has 0 bridgehead atoms. The van der Waals surface area contributed by atoms with Gasteiger partial charge in [0.15, 0.2) is 6.61 Å². The molecule has 0 aliphatic carbocycles. The summed E-state index contributed by atoms with van der Waals surface area (Å²) in [5.74, 6) is -0.0626. The summed E-state index contributed by atoms with van der Waals surface area (Å²) in [4.78, 5) is 13.5. The maximum absolute atomic E-state index is 11.9. The predicted octanol–water partition coefficient (Wildman–Crippen LogP) is 2.45. The number of likely N-dealkylation sites (N-methyl/N-ethyl adjacent to an activating group) is 1. The van der Waals surface area contributed by atoms with Gasteiger partial charge in [-0.3, -0.25) is 4.79 Å². The molecule has 0 spiro atoms. The van der Waals surface area contributed by atoms with Crippen molar-refractivity contribution in [1.82, 2.24) is 14.5 Å². The van der Waals surface area contributed by atoms with Crippen LogP contribution < -0.4 is 4.74 Å². The molecule has 0 atom stereocenters. The molecule has 0 saturated heterocycles. The van der Waals surface area contributed by atoms with Gasteiger partial charge >= 0.3 is 0 Å². The number of carbonyl (C=O) groups excluding carboxylic acids is 1. The van der Waals surface area contributed by atoms with Crippen molar-refractivity contribution in [1.29, 1.82) is 0 Å². The fraction of sp³-hybridized carbons (Fsp3) is 0.357. The lowest BCUT2D eigenvalue weighted by molar-refractivity contribution is -0.133. The molecule has 0 saturated carbocycles. The van der Waals surface area contributed by atoms with E-state index >= 15 is 0 Å². The SMILES string of the molecule is CC(C)N(C)C(=O)COc1snnc1-c1ccccc1. The van der Waals surface area contributed by atoms with Crippen molar-refractivity contribution in [2.24, 2.45) is 0 Å². The molecule has 0 fully saturated rings. The number of ether oxygens (including phenoxy) is 1. The molecule has 2 rings (SSSR count). The molecule has 106 valence electrons. The summed E-state index contributed by atoms with van der Waals surface area (Å²) >= 11 is 1.15. The zero-order valence-electron chi connectivity index (χ0n) is 11.7. The Labute approximate surface area is 122 Å².